The zero-order valence-electron chi connectivity index (χ0n) is 9.99. The van der Waals surface area contributed by atoms with Crippen LogP contribution in [0.25, 0.3) is 0 Å². The maximum Gasteiger partial charge on any atom is 0.0233 e. The Labute approximate surface area is 109 Å². The SMILES string of the molecule is CC(CCCl)SCCCCc1ccccc1. The van der Waals surface area contributed by atoms with Gasteiger partial charge in [0.2, 0.25) is 0 Å². The van der Waals surface area contributed by atoms with Crippen molar-refractivity contribution in [1.29, 1.82) is 0 Å². The predicted molar refractivity (Wildman–Crippen MR) is 76.6 cm³/mol. The van der Waals surface area contributed by atoms with Crippen LogP contribution in [0.2, 0.25) is 0 Å². The van der Waals surface area contributed by atoms with Gasteiger partial charge in [-0.1, -0.05) is 37.3 Å². The van der Waals surface area contributed by atoms with Crippen molar-refractivity contribution in [2.45, 2.75) is 37.9 Å². The molecule has 1 rings (SSSR count). The molecule has 0 fully saturated rings. The van der Waals surface area contributed by atoms with Gasteiger partial charge in [-0.2, -0.15) is 11.8 Å². The number of alkyl halides is 1. The second kappa shape index (κ2) is 8.95. The Morgan fingerprint density at radius 2 is 1.94 bits per heavy atom. The van der Waals surface area contributed by atoms with Crippen LogP contribution in [-0.4, -0.2) is 16.9 Å². The van der Waals surface area contributed by atoms with E-state index in [0.29, 0.717) is 5.25 Å². The van der Waals surface area contributed by atoms with Gasteiger partial charge in [-0.3, -0.25) is 0 Å². The van der Waals surface area contributed by atoms with Gasteiger partial charge in [0.1, 0.15) is 0 Å². The van der Waals surface area contributed by atoms with Gasteiger partial charge >= 0.3 is 0 Å². The monoisotopic (exact) mass is 256 g/mol. The molecule has 0 amide bonds. The summed E-state index contributed by atoms with van der Waals surface area (Å²) >= 11 is 7.75. The lowest BCUT2D eigenvalue weighted by molar-refractivity contribution is 0.798. The van der Waals surface area contributed by atoms with Gasteiger partial charge in [0.15, 0.2) is 0 Å². The van der Waals surface area contributed by atoms with Crippen molar-refractivity contribution < 1.29 is 0 Å². The minimum Gasteiger partial charge on any atom is -0.159 e. The molecular formula is C14H21ClS. The first kappa shape index (κ1) is 13.9. The highest BCUT2D eigenvalue weighted by atomic mass is 35.5. The quantitative estimate of drug-likeness (QED) is 0.477. The number of thioether (sulfide) groups is 1. The Bertz CT molecular complexity index is 261. The zero-order chi connectivity index (χ0) is 11.6. The molecule has 0 saturated carbocycles. The molecule has 0 heterocycles. The predicted octanol–water partition coefficient (Wildman–Crippen LogP) is 4.76. The van der Waals surface area contributed by atoms with Crippen LogP contribution in [-0.2, 0) is 6.42 Å². The third-order valence-corrected chi connectivity index (χ3v) is 4.17. The first-order valence-corrected chi connectivity index (χ1v) is 7.62. The standard InChI is InChI=1S/C14H21ClS/c1-13(10-11-15)16-12-6-5-9-14-7-3-2-4-8-14/h2-4,7-8,13H,5-6,9-12H2,1H3. The van der Waals surface area contributed by atoms with Gasteiger partial charge in [-0.25, -0.2) is 0 Å². The van der Waals surface area contributed by atoms with E-state index in [0.717, 1.165) is 12.3 Å². The van der Waals surface area contributed by atoms with Crippen molar-refractivity contribution in [3.63, 3.8) is 0 Å². The van der Waals surface area contributed by atoms with E-state index in [1.807, 2.05) is 0 Å². The Kier molecular flexibility index (Phi) is 7.79. The molecule has 1 atom stereocenters. The van der Waals surface area contributed by atoms with Crippen molar-refractivity contribution >= 4 is 23.4 Å². The number of benzene rings is 1. The molecule has 2 heteroatoms. The number of halogens is 1. The molecule has 0 aliphatic rings. The van der Waals surface area contributed by atoms with Gasteiger partial charge in [0, 0.05) is 11.1 Å². The number of unbranched alkanes of at least 4 members (excludes halogenated alkanes) is 1. The maximum atomic E-state index is 5.70. The van der Waals surface area contributed by atoms with Crippen molar-refractivity contribution in [1.82, 2.24) is 0 Å². The number of aryl methyl sites for hydroxylation is 1. The fourth-order valence-electron chi connectivity index (χ4n) is 1.60. The molecule has 0 nitrogen and oxygen atoms in total. The molecule has 16 heavy (non-hydrogen) atoms. The van der Waals surface area contributed by atoms with Crippen LogP contribution in [0.5, 0.6) is 0 Å². The first-order chi connectivity index (χ1) is 7.83. The lowest BCUT2D eigenvalue weighted by Crippen LogP contribution is -1.98. The molecule has 0 radical (unpaired) electrons. The lowest BCUT2D eigenvalue weighted by atomic mass is 10.1. The van der Waals surface area contributed by atoms with E-state index < -0.39 is 0 Å². The molecule has 1 aromatic carbocycles. The van der Waals surface area contributed by atoms with E-state index in [4.69, 9.17) is 11.6 Å². The van der Waals surface area contributed by atoms with E-state index >= 15 is 0 Å². The smallest absolute Gasteiger partial charge is 0.0233 e. The minimum atomic E-state index is 0.717. The van der Waals surface area contributed by atoms with E-state index in [9.17, 15) is 0 Å². The minimum absolute atomic E-state index is 0.717. The largest absolute Gasteiger partial charge is 0.159 e. The molecule has 0 aromatic heterocycles. The highest BCUT2D eigenvalue weighted by molar-refractivity contribution is 7.99. The third-order valence-electron chi connectivity index (χ3n) is 2.62. The number of hydrogen-bond acceptors (Lipinski definition) is 1. The van der Waals surface area contributed by atoms with E-state index in [-0.39, 0.29) is 0 Å². The highest BCUT2D eigenvalue weighted by Crippen LogP contribution is 2.17. The van der Waals surface area contributed by atoms with Crippen LogP contribution in [0, 0.1) is 0 Å². The van der Waals surface area contributed by atoms with Crippen LogP contribution in [0.1, 0.15) is 31.7 Å². The summed E-state index contributed by atoms with van der Waals surface area (Å²) in [5, 5.41) is 0.717. The molecule has 0 aliphatic heterocycles. The molecule has 0 spiro atoms. The second-order valence-corrected chi connectivity index (χ2v) is 6.03. The van der Waals surface area contributed by atoms with Gasteiger partial charge in [0.25, 0.3) is 0 Å². The Hall–Kier alpha value is -0.140. The summed E-state index contributed by atoms with van der Waals surface area (Å²) in [7, 11) is 0. The maximum absolute atomic E-state index is 5.70. The molecule has 1 unspecified atom stereocenters. The normalized spacial score (nSPS) is 12.6. The van der Waals surface area contributed by atoms with Crippen molar-refractivity contribution in [3.8, 4) is 0 Å². The lowest BCUT2D eigenvalue weighted by Gasteiger charge is -2.08. The summed E-state index contributed by atoms with van der Waals surface area (Å²) in [5.41, 5.74) is 1.46. The van der Waals surface area contributed by atoms with Gasteiger partial charge in [-0.15, -0.1) is 11.6 Å². The molecule has 0 aliphatic carbocycles. The summed E-state index contributed by atoms with van der Waals surface area (Å²) in [6, 6.07) is 10.7. The highest BCUT2D eigenvalue weighted by Gasteiger charge is 2.00. The van der Waals surface area contributed by atoms with Gasteiger partial charge in [0.05, 0.1) is 0 Å². The third kappa shape index (κ3) is 6.44. The molecule has 1 aromatic rings. The van der Waals surface area contributed by atoms with E-state index in [1.54, 1.807) is 0 Å². The van der Waals surface area contributed by atoms with Crippen molar-refractivity contribution in [2.24, 2.45) is 0 Å². The summed E-state index contributed by atoms with van der Waals surface area (Å²) in [6.45, 7) is 2.27. The summed E-state index contributed by atoms with van der Waals surface area (Å²) in [5.74, 6) is 2.06. The summed E-state index contributed by atoms with van der Waals surface area (Å²) in [6.07, 6.45) is 4.95. The molecule has 0 saturated heterocycles. The van der Waals surface area contributed by atoms with Crippen LogP contribution >= 0.6 is 23.4 Å². The number of hydrogen-bond donors (Lipinski definition) is 0. The van der Waals surface area contributed by atoms with Gasteiger partial charge in [-0.05, 0) is 37.0 Å². The molecule has 0 N–H and O–H groups in total. The van der Waals surface area contributed by atoms with Crippen LogP contribution in [0.15, 0.2) is 30.3 Å². The summed E-state index contributed by atoms with van der Waals surface area (Å²) in [4.78, 5) is 0. The topological polar surface area (TPSA) is 0 Å². The fourth-order valence-corrected chi connectivity index (χ4v) is 3.11. The Morgan fingerprint density at radius 1 is 1.19 bits per heavy atom. The molecule has 0 bridgehead atoms. The average molecular weight is 257 g/mol. The van der Waals surface area contributed by atoms with Gasteiger partial charge < -0.3 is 0 Å². The second-order valence-electron chi connectivity index (χ2n) is 4.10. The molecule has 90 valence electrons. The van der Waals surface area contributed by atoms with Crippen LogP contribution in [0.3, 0.4) is 0 Å². The zero-order valence-corrected chi connectivity index (χ0v) is 11.6. The average Bonchev–Trinajstić information content (AvgIpc) is 2.30. The Morgan fingerprint density at radius 3 is 2.62 bits per heavy atom. The fraction of sp³-hybridized carbons (Fsp3) is 0.571. The first-order valence-electron chi connectivity index (χ1n) is 6.04. The Balaban J connectivity index is 2.00. The van der Waals surface area contributed by atoms with E-state index in [1.165, 1.54) is 30.6 Å². The van der Waals surface area contributed by atoms with Crippen LogP contribution < -0.4 is 0 Å². The van der Waals surface area contributed by atoms with Crippen molar-refractivity contribution in [3.05, 3.63) is 35.9 Å². The van der Waals surface area contributed by atoms with Crippen LogP contribution in [0.4, 0.5) is 0 Å². The van der Waals surface area contributed by atoms with E-state index in [2.05, 4.69) is 49.0 Å². The summed E-state index contributed by atoms with van der Waals surface area (Å²) < 4.78 is 0. The number of rotatable bonds is 8. The van der Waals surface area contributed by atoms with Crippen molar-refractivity contribution in [2.75, 3.05) is 11.6 Å². The molecular weight excluding hydrogens is 236 g/mol.